The molecule has 7 nitrogen and oxygen atoms in total. The lowest BCUT2D eigenvalue weighted by atomic mass is 10.0. The van der Waals surface area contributed by atoms with Crippen LogP contribution in [-0.2, 0) is 6.54 Å². The van der Waals surface area contributed by atoms with Gasteiger partial charge in [-0.1, -0.05) is 54.6 Å². The Morgan fingerprint density at radius 1 is 0.622 bits per heavy atom. The van der Waals surface area contributed by atoms with E-state index >= 15 is 0 Å². The van der Waals surface area contributed by atoms with Crippen molar-refractivity contribution in [1.82, 2.24) is 14.9 Å². The van der Waals surface area contributed by atoms with Gasteiger partial charge in [0.2, 0.25) is 5.95 Å². The summed E-state index contributed by atoms with van der Waals surface area (Å²) >= 11 is 0. The summed E-state index contributed by atoms with van der Waals surface area (Å²) in [7, 11) is 0. The smallest absolute Gasteiger partial charge is 0.229 e. The molecule has 0 aliphatic carbocycles. The number of hydrogen-bond donors (Lipinski definition) is 0. The van der Waals surface area contributed by atoms with Crippen molar-refractivity contribution in [3.05, 3.63) is 77.4 Å². The average molecular weight is 497 g/mol. The van der Waals surface area contributed by atoms with Crippen LogP contribution in [0.4, 0.5) is 17.6 Å². The van der Waals surface area contributed by atoms with Gasteiger partial charge in [-0.2, -0.15) is 9.97 Å². The summed E-state index contributed by atoms with van der Waals surface area (Å²) in [5.41, 5.74) is 2.72. The molecule has 3 aromatic rings. The summed E-state index contributed by atoms with van der Waals surface area (Å²) < 4.78 is 0. The molecule has 3 aliphatic heterocycles. The fourth-order valence-corrected chi connectivity index (χ4v) is 5.65. The first kappa shape index (κ1) is 23.9. The van der Waals surface area contributed by atoms with Crippen LogP contribution in [0.15, 0.2) is 60.7 Å². The van der Waals surface area contributed by atoms with E-state index in [-0.39, 0.29) is 5.78 Å². The van der Waals surface area contributed by atoms with Crippen LogP contribution in [0.2, 0.25) is 0 Å². The lowest BCUT2D eigenvalue weighted by molar-refractivity contribution is 0.103. The first-order chi connectivity index (χ1) is 18.2. The van der Waals surface area contributed by atoms with Crippen molar-refractivity contribution >= 4 is 23.4 Å². The van der Waals surface area contributed by atoms with E-state index in [0.717, 1.165) is 87.6 Å². The van der Waals surface area contributed by atoms with E-state index in [0.29, 0.717) is 0 Å². The molecule has 0 bridgehead atoms. The summed E-state index contributed by atoms with van der Waals surface area (Å²) in [5, 5.41) is 0. The minimum absolute atomic E-state index is 0.0761. The van der Waals surface area contributed by atoms with Gasteiger partial charge in [-0.05, 0) is 31.2 Å². The van der Waals surface area contributed by atoms with Crippen LogP contribution in [-0.4, -0.2) is 73.0 Å². The first-order valence-corrected chi connectivity index (χ1v) is 13.8. The average Bonchev–Trinajstić information content (AvgIpc) is 3.69. The zero-order valence-corrected chi connectivity index (χ0v) is 21.6. The van der Waals surface area contributed by atoms with Crippen LogP contribution in [0.5, 0.6) is 0 Å². The largest absolute Gasteiger partial charge is 0.356 e. The molecule has 4 heterocycles. The van der Waals surface area contributed by atoms with Crippen molar-refractivity contribution < 1.29 is 4.79 Å². The summed E-state index contributed by atoms with van der Waals surface area (Å²) in [4.78, 5) is 32.4. The van der Waals surface area contributed by atoms with Gasteiger partial charge in [0.05, 0.1) is 0 Å². The molecule has 0 spiro atoms. The molecular formula is C30H36N6O. The Bertz CT molecular complexity index is 1160. The zero-order valence-electron chi connectivity index (χ0n) is 21.6. The Balaban J connectivity index is 1.09. The molecule has 0 saturated carbocycles. The highest BCUT2D eigenvalue weighted by Crippen LogP contribution is 2.28. The molecule has 6 rings (SSSR count). The lowest BCUT2D eigenvalue weighted by Gasteiger charge is -2.36. The molecule has 0 radical (unpaired) electrons. The van der Waals surface area contributed by atoms with Crippen LogP contribution < -0.4 is 14.7 Å². The predicted octanol–water partition coefficient (Wildman–Crippen LogP) is 4.23. The van der Waals surface area contributed by atoms with Gasteiger partial charge >= 0.3 is 0 Å². The fraction of sp³-hybridized carbons (Fsp3) is 0.433. The Labute approximate surface area is 219 Å². The summed E-state index contributed by atoms with van der Waals surface area (Å²) in [6, 6.07) is 19.8. The number of rotatable bonds is 7. The van der Waals surface area contributed by atoms with E-state index in [2.05, 4.69) is 37.8 Å². The monoisotopic (exact) mass is 496 g/mol. The van der Waals surface area contributed by atoms with Crippen molar-refractivity contribution in [2.24, 2.45) is 0 Å². The Morgan fingerprint density at radius 2 is 1.16 bits per heavy atom. The second-order valence-corrected chi connectivity index (χ2v) is 10.4. The number of anilines is 3. The van der Waals surface area contributed by atoms with Crippen molar-refractivity contribution in [3.8, 4) is 0 Å². The number of ketones is 1. The molecule has 37 heavy (non-hydrogen) atoms. The standard InChI is InChI=1S/C30H36N6O/c37-29(25-8-2-1-3-9-25)26-12-10-24(11-13-26)23-33-18-20-35(21-19-33)28-22-27(34-14-4-5-15-34)31-30(32-28)36-16-6-7-17-36/h1-3,8-13,22H,4-7,14-21,23H2. The number of piperazine rings is 1. The molecule has 3 saturated heterocycles. The minimum Gasteiger partial charge on any atom is -0.356 e. The van der Waals surface area contributed by atoms with Gasteiger partial charge in [0.1, 0.15) is 11.6 Å². The topological polar surface area (TPSA) is 55.8 Å². The third kappa shape index (κ3) is 5.47. The van der Waals surface area contributed by atoms with Gasteiger partial charge in [-0.15, -0.1) is 0 Å². The first-order valence-electron chi connectivity index (χ1n) is 13.8. The summed E-state index contributed by atoms with van der Waals surface area (Å²) in [6.07, 6.45) is 4.95. The molecule has 0 unspecified atom stereocenters. The summed E-state index contributed by atoms with van der Waals surface area (Å²) in [5.74, 6) is 3.15. The van der Waals surface area contributed by atoms with E-state index < -0.39 is 0 Å². The molecule has 3 aliphatic rings. The van der Waals surface area contributed by atoms with Gasteiger partial charge < -0.3 is 14.7 Å². The minimum atomic E-state index is 0.0761. The van der Waals surface area contributed by atoms with Crippen molar-refractivity contribution in [3.63, 3.8) is 0 Å². The number of benzene rings is 2. The van der Waals surface area contributed by atoms with Gasteiger partial charge in [0, 0.05) is 76.1 Å². The van der Waals surface area contributed by atoms with E-state index in [1.54, 1.807) is 0 Å². The van der Waals surface area contributed by atoms with Crippen LogP contribution in [0, 0.1) is 0 Å². The SMILES string of the molecule is O=C(c1ccccc1)c1ccc(CN2CCN(c3cc(N4CCCC4)nc(N4CCCC4)n3)CC2)cc1. The second-order valence-electron chi connectivity index (χ2n) is 10.4. The second kappa shape index (κ2) is 10.9. The Morgan fingerprint density at radius 3 is 1.78 bits per heavy atom. The quantitative estimate of drug-likeness (QED) is 0.454. The number of aromatic nitrogens is 2. The van der Waals surface area contributed by atoms with E-state index in [1.165, 1.54) is 31.2 Å². The van der Waals surface area contributed by atoms with E-state index in [1.807, 2.05) is 42.5 Å². The molecule has 1 aromatic heterocycles. The van der Waals surface area contributed by atoms with Gasteiger partial charge in [-0.25, -0.2) is 0 Å². The zero-order chi connectivity index (χ0) is 25.0. The van der Waals surface area contributed by atoms with Crippen LogP contribution >= 0.6 is 0 Å². The predicted molar refractivity (Wildman–Crippen MR) is 149 cm³/mol. The molecule has 7 heteroatoms. The highest BCUT2D eigenvalue weighted by atomic mass is 16.1. The van der Waals surface area contributed by atoms with Crippen LogP contribution in [0.3, 0.4) is 0 Å². The van der Waals surface area contributed by atoms with Crippen molar-refractivity contribution in [2.75, 3.05) is 67.1 Å². The van der Waals surface area contributed by atoms with Crippen LogP contribution in [0.1, 0.15) is 47.2 Å². The number of carbonyl (C=O) groups is 1. The van der Waals surface area contributed by atoms with E-state index in [4.69, 9.17) is 9.97 Å². The lowest BCUT2D eigenvalue weighted by Crippen LogP contribution is -2.46. The summed E-state index contributed by atoms with van der Waals surface area (Å²) in [6.45, 7) is 9.12. The number of nitrogens with zero attached hydrogens (tertiary/aromatic N) is 6. The number of hydrogen-bond acceptors (Lipinski definition) is 7. The third-order valence-electron chi connectivity index (χ3n) is 7.86. The van der Waals surface area contributed by atoms with E-state index in [9.17, 15) is 4.79 Å². The molecule has 192 valence electrons. The Hall–Kier alpha value is -3.45. The van der Waals surface area contributed by atoms with Gasteiger partial charge in [0.15, 0.2) is 5.78 Å². The molecule has 2 aromatic carbocycles. The normalized spacial score (nSPS) is 18.5. The fourth-order valence-electron chi connectivity index (χ4n) is 5.65. The molecule has 0 amide bonds. The van der Waals surface area contributed by atoms with Crippen molar-refractivity contribution in [1.29, 1.82) is 0 Å². The molecular weight excluding hydrogens is 460 g/mol. The highest BCUT2D eigenvalue weighted by molar-refractivity contribution is 6.08. The van der Waals surface area contributed by atoms with Gasteiger partial charge in [0.25, 0.3) is 0 Å². The third-order valence-corrected chi connectivity index (χ3v) is 7.86. The highest BCUT2D eigenvalue weighted by Gasteiger charge is 2.24. The maximum atomic E-state index is 12.7. The Kier molecular flexibility index (Phi) is 7.04. The molecule has 3 fully saturated rings. The molecule has 0 N–H and O–H groups in total. The number of carbonyl (C=O) groups excluding carboxylic acids is 1. The van der Waals surface area contributed by atoms with Crippen molar-refractivity contribution in [2.45, 2.75) is 32.2 Å². The maximum absolute atomic E-state index is 12.7. The van der Waals surface area contributed by atoms with Crippen LogP contribution in [0.25, 0.3) is 0 Å². The molecule has 0 atom stereocenters. The maximum Gasteiger partial charge on any atom is 0.229 e. The van der Waals surface area contributed by atoms with Gasteiger partial charge in [-0.3, -0.25) is 9.69 Å².